The van der Waals surface area contributed by atoms with Crippen molar-refractivity contribution < 1.29 is 13.7 Å². The Morgan fingerprint density at radius 3 is 3.00 bits per heavy atom. The molecule has 1 fully saturated rings. The normalized spacial score (nSPS) is 20.8. The third kappa shape index (κ3) is 4.67. The van der Waals surface area contributed by atoms with Crippen molar-refractivity contribution in [2.24, 2.45) is 5.92 Å². The molecule has 0 aliphatic carbocycles. The van der Waals surface area contributed by atoms with Crippen LogP contribution in [0.5, 0.6) is 11.6 Å². The zero-order valence-corrected chi connectivity index (χ0v) is 16.3. The van der Waals surface area contributed by atoms with Gasteiger partial charge in [0.25, 0.3) is 5.91 Å². The minimum absolute atomic E-state index is 0.135. The van der Waals surface area contributed by atoms with E-state index in [4.69, 9.17) is 4.74 Å². The van der Waals surface area contributed by atoms with Crippen molar-refractivity contribution in [1.29, 1.82) is 0 Å². The number of carbonyl (C=O) groups is 1. The molecule has 2 atom stereocenters. The highest BCUT2D eigenvalue weighted by Crippen LogP contribution is 2.26. The molecule has 0 radical (unpaired) electrons. The first-order valence-corrected chi connectivity index (χ1v) is 10.3. The number of aromatic nitrogens is 1. The van der Waals surface area contributed by atoms with E-state index < -0.39 is 10.8 Å². The van der Waals surface area contributed by atoms with Crippen LogP contribution in [0, 0.1) is 5.92 Å². The average molecular weight is 423 g/mol. The van der Waals surface area contributed by atoms with Crippen molar-refractivity contribution in [1.82, 2.24) is 9.88 Å². The predicted molar refractivity (Wildman–Crippen MR) is 101 cm³/mol. The van der Waals surface area contributed by atoms with Crippen molar-refractivity contribution in [2.75, 3.05) is 24.6 Å². The van der Waals surface area contributed by atoms with Crippen LogP contribution < -0.4 is 4.74 Å². The van der Waals surface area contributed by atoms with Gasteiger partial charge < -0.3 is 9.64 Å². The third-order valence-corrected chi connectivity index (χ3v) is 5.96. The Morgan fingerprint density at radius 1 is 1.36 bits per heavy atom. The van der Waals surface area contributed by atoms with E-state index in [0.29, 0.717) is 35.9 Å². The maximum absolute atomic E-state index is 13.0. The maximum Gasteiger partial charge on any atom is 0.259 e. The number of ether oxygens (including phenoxy) is 1. The number of hydrogen-bond acceptors (Lipinski definition) is 4. The summed E-state index contributed by atoms with van der Waals surface area (Å²) in [4.78, 5) is 19.0. The number of carbonyl (C=O) groups excluding carboxylic acids is 1. The number of amides is 1. The summed E-state index contributed by atoms with van der Waals surface area (Å²) >= 11 is 3.40. The van der Waals surface area contributed by atoms with Crippen LogP contribution >= 0.6 is 15.9 Å². The topological polar surface area (TPSA) is 59.5 Å². The molecule has 0 N–H and O–H groups in total. The maximum atomic E-state index is 13.0. The fraction of sp³-hybridized carbons (Fsp3) is 0.333. The molecule has 0 unspecified atom stereocenters. The van der Waals surface area contributed by atoms with E-state index in [1.807, 2.05) is 31.2 Å². The Kier molecular flexibility index (Phi) is 5.86. The van der Waals surface area contributed by atoms with Crippen LogP contribution in [0.25, 0.3) is 0 Å². The lowest BCUT2D eigenvalue weighted by atomic mass is 10.1. The van der Waals surface area contributed by atoms with Gasteiger partial charge >= 0.3 is 0 Å². The molecule has 1 aromatic carbocycles. The molecule has 1 aromatic heterocycles. The predicted octanol–water partition coefficient (Wildman–Crippen LogP) is 3.48. The molecule has 1 aliphatic rings. The van der Waals surface area contributed by atoms with Gasteiger partial charge in [0.05, 0.1) is 0 Å². The minimum atomic E-state index is -0.867. The number of pyridine rings is 1. The fourth-order valence-corrected chi connectivity index (χ4v) is 4.47. The molecule has 0 spiro atoms. The summed E-state index contributed by atoms with van der Waals surface area (Å²) in [6.07, 6.45) is 1.60. The molecule has 1 saturated heterocycles. The van der Waals surface area contributed by atoms with E-state index in [1.54, 1.807) is 23.2 Å². The van der Waals surface area contributed by atoms with E-state index in [2.05, 4.69) is 20.9 Å². The van der Waals surface area contributed by atoms with E-state index >= 15 is 0 Å². The molecule has 7 heteroatoms. The summed E-state index contributed by atoms with van der Waals surface area (Å²) in [6, 6.07) is 10.8. The molecule has 0 saturated carbocycles. The Bertz CT molecular complexity index is 799. The zero-order chi connectivity index (χ0) is 17.8. The van der Waals surface area contributed by atoms with E-state index in [0.717, 1.165) is 4.47 Å². The van der Waals surface area contributed by atoms with Gasteiger partial charge in [-0.15, -0.1) is 0 Å². The Labute approximate surface area is 158 Å². The number of hydrogen-bond donors (Lipinski definition) is 0. The lowest BCUT2D eigenvalue weighted by Crippen LogP contribution is -2.35. The third-order valence-electron chi connectivity index (χ3n) is 3.89. The van der Waals surface area contributed by atoms with Gasteiger partial charge in [-0.25, -0.2) is 4.98 Å². The van der Waals surface area contributed by atoms with Gasteiger partial charge in [0.2, 0.25) is 5.88 Å². The lowest BCUT2D eigenvalue weighted by Gasteiger charge is -2.23. The number of halogens is 1. The van der Waals surface area contributed by atoms with Crippen LogP contribution in [0.1, 0.15) is 17.3 Å². The van der Waals surface area contributed by atoms with Crippen LogP contribution in [0.3, 0.4) is 0 Å². The highest BCUT2D eigenvalue weighted by Gasteiger charge is 2.26. The van der Waals surface area contributed by atoms with E-state index in [1.165, 1.54) is 0 Å². The minimum Gasteiger partial charge on any atom is -0.438 e. The molecule has 132 valence electrons. The van der Waals surface area contributed by atoms with Crippen molar-refractivity contribution in [3.8, 4) is 11.6 Å². The average Bonchev–Trinajstić information content (AvgIpc) is 2.75. The highest BCUT2D eigenvalue weighted by atomic mass is 79.9. The van der Waals surface area contributed by atoms with Crippen molar-refractivity contribution >= 4 is 32.6 Å². The van der Waals surface area contributed by atoms with Gasteiger partial charge in [0.15, 0.2) is 0 Å². The van der Waals surface area contributed by atoms with Crippen molar-refractivity contribution in [3.63, 3.8) is 0 Å². The van der Waals surface area contributed by atoms with Crippen LogP contribution in [0.15, 0.2) is 47.1 Å². The zero-order valence-electron chi connectivity index (χ0n) is 13.9. The highest BCUT2D eigenvalue weighted by molar-refractivity contribution is 9.10. The summed E-state index contributed by atoms with van der Waals surface area (Å²) in [5, 5.41) is 0. The molecule has 25 heavy (non-hydrogen) atoms. The Hall–Kier alpha value is -1.73. The largest absolute Gasteiger partial charge is 0.438 e. The van der Waals surface area contributed by atoms with Gasteiger partial charge in [-0.2, -0.15) is 0 Å². The monoisotopic (exact) mass is 422 g/mol. The molecular formula is C18H19BrN2O3S. The molecule has 2 aromatic rings. The van der Waals surface area contributed by atoms with Crippen molar-refractivity contribution in [2.45, 2.75) is 6.92 Å². The summed E-state index contributed by atoms with van der Waals surface area (Å²) in [5.74, 6) is 2.11. The summed E-state index contributed by atoms with van der Waals surface area (Å²) in [7, 11) is -0.867. The van der Waals surface area contributed by atoms with Crippen LogP contribution in [-0.4, -0.2) is 44.6 Å². The first kappa shape index (κ1) is 18.1. The Morgan fingerprint density at radius 2 is 2.20 bits per heavy atom. The fourth-order valence-electron chi connectivity index (χ4n) is 2.76. The van der Waals surface area contributed by atoms with Crippen LogP contribution in [-0.2, 0) is 10.8 Å². The van der Waals surface area contributed by atoms with Gasteiger partial charge in [0, 0.05) is 46.1 Å². The van der Waals surface area contributed by atoms with Gasteiger partial charge in [-0.1, -0.05) is 28.9 Å². The molecule has 3 rings (SSSR count). The van der Waals surface area contributed by atoms with E-state index in [9.17, 15) is 9.00 Å². The molecule has 1 aliphatic heterocycles. The Balaban J connectivity index is 1.84. The van der Waals surface area contributed by atoms with Gasteiger partial charge in [-0.05, 0) is 36.2 Å². The second-order valence-corrected chi connectivity index (χ2v) is 8.62. The van der Waals surface area contributed by atoms with Crippen LogP contribution in [0.4, 0.5) is 0 Å². The number of benzene rings is 1. The number of rotatable bonds is 3. The lowest BCUT2D eigenvalue weighted by molar-refractivity contribution is 0.0748. The summed E-state index contributed by atoms with van der Waals surface area (Å²) in [5.41, 5.74) is 0.419. The SMILES string of the molecule is C[C@H]1CN(C(=O)c2cccnc2Oc2cccc(Br)c2)CC[S@](=O)C1. The standard InChI is InChI=1S/C18H19BrN2O3S/c1-13-11-21(8-9-25(23)12-13)18(22)16-6-3-7-20-17(16)24-15-5-2-4-14(19)10-15/h2-7,10,13H,8-9,11-12H2,1H3/t13-,25-/m0/s1. The molecule has 1 amide bonds. The summed E-state index contributed by atoms with van der Waals surface area (Å²) < 4.78 is 18.6. The number of nitrogens with zero attached hydrogens (tertiary/aromatic N) is 2. The van der Waals surface area contributed by atoms with E-state index in [-0.39, 0.29) is 17.7 Å². The first-order valence-electron chi connectivity index (χ1n) is 8.05. The first-order chi connectivity index (χ1) is 12.0. The summed E-state index contributed by atoms with van der Waals surface area (Å²) in [6.45, 7) is 3.10. The van der Waals surface area contributed by atoms with Gasteiger partial charge in [-0.3, -0.25) is 9.00 Å². The molecule has 0 bridgehead atoms. The van der Waals surface area contributed by atoms with Crippen LogP contribution in [0.2, 0.25) is 0 Å². The van der Waals surface area contributed by atoms with Crippen molar-refractivity contribution in [3.05, 3.63) is 52.6 Å². The second-order valence-electron chi connectivity index (χ2n) is 6.08. The van der Waals surface area contributed by atoms with Gasteiger partial charge in [0.1, 0.15) is 11.3 Å². The second kappa shape index (κ2) is 8.10. The quantitative estimate of drug-likeness (QED) is 0.759. The molecule has 2 heterocycles. The molecule has 5 nitrogen and oxygen atoms in total. The smallest absolute Gasteiger partial charge is 0.259 e. The molecular weight excluding hydrogens is 404 g/mol.